The maximum atomic E-state index is 13.0. The summed E-state index contributed by atoms with van der Waals surface area (Å²) in [5.41, 5.74) is -0.633. The van der Waals surface area contributed by atoms with Crippen molar-refractivity contribution in [2.75, 3.05) is 0 Å². The van der Waals surface area contributed by atoms with Gasteiger partial charge in [-0.3, -0.25) is 0 Å². The van der Waals surface area contributed by atoms with Crippen molar-refractivity contribution < 1.29 is 13.2 Å². The molecule has 0 aliphatic rings. The topological polar surface area (TPSA) is 0 Å². The number of halogens is 5. The molecule has 0 saturated carbocycles. The molecule has 0 unspecified atom stereocenters. The summed E-state index contributed by atoms with van der Waals surface area (Å²) in [6.07, 6.45) is -4.34. The molecule has 0 aliphatic carbocycles. The van der Waals surface area contributed by atoms with E-state index in [-0.39, 0.29) is 3.36 Å². The maximum absolute atomic E-state index is 13.0. The Morgan fingerprint density at radius 1 is 0.615 bits per heavy atom. The molecule has 0 amide bonds. The van der Waals surface area contributed by atoms with Crippen LogP contribution in [0.1, 0.15) is 5.56 Å². The highest BCUT2D eigenvalue weighted by atomic mass is 79.9. The minimum atomic E-state index is -4.34. The summed E-state index contributed by atoms with van der Waals surface area (Å²) in [5.74, 6) is 0. The molecule has 0 bridgehead atoms. The van der Waals surface area contributed by atoms with Crippen LogP contribution in [-0.4, -0.2) is 11.4 Å². The van der Waals surface area contributed by atoms with Gasteiger partial charge in [-0.05, 0) is 15.6 Å². The molecule has 0 radical (unpaired) electrons. The molecular formula is C20H15Br2F3Si. The average Bonchev–Trinajstić information content (AvgIpc) is 2.64. The molecule has 3 rings (SSSR count). The summed E-state index contributed by atoms with van der Waals surface area (Å²) in [5, 5.41) is 3.14. The van der Waals surface area contributed by atoms with Gasteiger partial charge in [-0.1, -0.05) is 117 Å². The summed E-state index contributed by atoms with van der Waals surface area (Å²) in [6.45, 7) is 0. The van der Waals surface area contributed by atoms with Crippen molar-refractivity contribution in [3.05, 3.63) is 90.5 Å². The number of rotatable bonds is 4. The molecule has 0 aromatic heterocycles. The Labute approximate surface area is 168 Å². The highest BCUT2D eigenvalue weighted by molar-refractivity contribution is 9.25. The highest BCUT2D eigenvalue weighted by Crippen LogP contribution is 2.29. The van der Waals surface area contributed by atoms with Crippen molar-refractivity contribution in [1.82, 2.24) is 0 Å². The van der Waals surface area contributed by atoms with Gasteiger partial charge in [-0.15, -0.1) is 0 Å². The normalized spacial score (nSPS) is 12.4. The lowest BCUT2D eigenvalue weighted by Crippen LogP contribution is -2.71. The van der Waals surface area contributed by atoms with Crippen LogP contribution in [0.15, 0.2) is 84.9 Å². The number of benzene rings is 3. The lowest BCUT2D eigenvalue weighted by atomic mass is 10.2. The van der Waals surface area contributed by atoms with Crippen LogP contribution in [-0.2, 0) is 6.18 Å². The lowest BCUT2D eigenvalue weighted by molar-refractivity contribution is -0.137. The highest BCUT2D eigenvalue weighted by Gasteiger charge is 2.45. The van der Waals surface area contributed by atoms with Crippen LogP contribution in [0.4, 0.5) is 13.2 Å². The second-order valence-corrected chi connectivity index (χ2v) is 14.6. The average molecular weight is 500 g/mol. The fourth-order valence-electron chi connectivity index (χ4n) is 3.20. The molecule has 0 saturated heterocycles. The molecule has 26 heavy (non-hydrogen) atoms. The predicted octanol–water partition coefficient (Wildman–Crippen LogP) is 4.83. The first-order valence-electron chi connectivity index (χ1n) is 7.93. The smallest absolute Gasteiger partial charge is 0.166 e. The third kappa shape index (κ3) is 3.55. The molecule has 134 valence electrons. The van der Waals surface area contributed by atoms with Gasteiger partial charge in [0.1, 0.15) is 0 Å². The van der Waals surface area contributed by atoms with E-state index in [0.29, 0.717) is 0 Å². The monoisotopic (exact) mass is 498 g/mol. The van der Waals surface area contributed by atoms with Gasteiger partial charge in [0.2, 0.25) is 0 Å². The van der Waals surface area contributed by atoms with Crippen molar-refractivity contribution in [2.24, 2.45) is 0 Å². The largest absolute Gasteiger partial charge is 0.416 e. The summed E-state index contributed by atoms with van der Waals surface area (Å²) in [6, 6.07) is 25.5. The van der Waals surface area contributed by atoms with E-state index in [4.69, 9.17) is 0 Å². The minimum Gasteiger partial charge on any atom is -0.166 e. The van der Waals surface area contributed by atoms with Crippen molar-refractivity contribution >= 4 is 55.5 Å². The molecule has 3 aromatic carbocycles. The Balaban J connectivity index is 2.27. The molecule has 0 spiro atoms. The number of alkyl halides is 5. The van der Waals surface area contributed by atoms with Crippen LogP contribution >= 0.6 is 31.9 Å². The quantitative estimate of drug-likeness (QED) is 0.274. The Bertz CT molecular complexity index is 808. The molecule has 6 heteroatoms. The Morgan fingerprint density at radius 3 is 1.35 bits per heavy atom. The van der Waals surface area contributed by atoms with E-state index in [1.165, 1.54) is 12.1 Å². The molecule has 0 nitrogen and oxygen atoms in total. The van der Waals surface area contributed by atoms with Crippen LogP contribution in [0, 0.1) is 0 Å². The SMILES string of the molecule is FC(F)(F)c1ccc([Si](c2ccccc2)(c2ccccc2)C(Br)Br)cc1. The molecular weight excluding hydrogens is 485 g/mol. The van der Waals surface area contributed by atoms with E-state index in [9.17, 15) is 13.2 Å². The summed E-state index contributed by atoms with van der Waals surface area (Å²) >= 11 is 7.44. The zero-order valence-electron chi connectivity index (χ0n) is 13.6. The molecule has 3 aromatic rings. The maximum Gasteiger partial charge on any atom is 0.416 e. The minimum absolute atomic E-state index is 0.0935. The van der Waals surface area contributed by atoms with E-state index in [2.05, 4.69) is 31.9 Å². The summed E-state index contributed by atoms with van der Waals surface area (Å²) < 4.78 is 38.9. The van der Waals surface area contributed by atoms with E-state index < -0.39 is 19.8 Å². The third-order valence-electron chi connectivity index (χ3n) is 4.45. The Hall–Kier alpha value is -1.37. The van der Waals surface area contributed by atoms with Crippen LogP contribution in [0.25, 0.3) is 0 Å². The van der Waals surface area contributed by atoms with Crippen LogP contribution in [0.5, 0.6) is 0 Å². The fraction of sp³-hybridized carbons (Fsp3) is 0.100. The van der Waals surface area contributed by atoms with Gasteiger partial charge in [0.25, 0.3) is 0 Å². The Morgan fingerprint density at radius 2 is 1.00 bits per heavy atom. The number of hydrogen-bond acceptors (Lipinski definition) is 0. The third-order valence-corrected chi connectivity index (χ3v) is 13.0. The fourth-order valence-corrected chi connectivity index (χ4v) is 11.8. The second kappa shape index (κ2) is 7.70. The van der Waals surface area contributed by atoms with E-state index in [0.717, 1.165) is 15.6 Å². The summed E-state index contributed by atoms with van der Waals surface area (Å²) in [4.78, 5) is 0. The van der Waals surface area contributed by atoms with Crippen molar-refractivity contribution in [3.8, 4) is 0 Å². The molecule has 0 aliphatic heterocycles. The molecule has 0 atom stereocenters. The molecule has 0 N–H and O–H groups in total. The first-order valence-corrected chi connectivity index (χ1v) is 11.8. The molecule has 0 heterocycles. The standard InChI is InChI=1S/C20H15Br2F3Si/c21-19(22)26(16-7-3-1-4-8-16,17-9-5-2-6-10-17)18-13-11-15(12-14-18)20(23,24)25/h1-14,19H. The van der Waals surface area contributed by atoms with Crippen molar-refractivity contribution in [1.29, 1.82) is 0 Å². The van der Waals surface area contributed by atoms with Crippen molar-refractivity contribution in [2.45, 2.75) is 9.54 Å². The van der Waals surface area contributed by atoms with E-state index in [1.807, 2.05) is 60.7 Å². The zero-order valence-corrected chi connectivity index (χ0v) is 17.7. The van der Waals surface area contributed by atoms with Gasteiger partial charge in [-0.25, -0.2) is 0 Å². The first-order chi connectivity index (χ1) is 12.4. The van der Waals surface area contributed by atoms with E-state index >= 15 is 0 Å². The van der Waals surface area contributed by atoms with Gasteiger partial charge >= 0.3 is 6.18 Å². The van der Waals surface area contributed by atoms with Crippen LogP contribution in [0.3, 0.4) is 0 Å². The summed E-state index contributed by atoms with van der Waals surface area (Å²) in [7, 11) is -2.62. The lowest BCUT2D eigenvalue weighted by Gasteiger charge is -2.35. The molecule has 0 fully saturated rings. The number of hydrogen-bond donors (Lipinski definition) is 0. The Kier molecular flexibility index (Phi) is 5.74. The van der Waals surface area contributed by atoms with Gasteiger partial charge < -0.3 is 0 Å². The van der Waals surface area contributed by atoms with Crippen molar-refractivity contribution in [3.63, 3.8) is 0 Å². The van der Waals surface area contributed by atoms with Gasteiger partial charge in [0.05, 0.1) is 8.92 Å². The predicted molar refractivity (Wildman–Crippen MR) is 111 cm³/mol. The second-order valence-electron chi connectivity index (χ2n) is 5.92. The van der Waals surface area contributed by atoms with Crippen LogP contribution in [0.2, 0.25) is 0 Å². The van der Waals surface area contributed by atoms with Gasteiger partial charge in [0, 0.05) is 0 Å². The van der Waals surface area contributed by atoms with Crippen LogP contribution < -0.4 is 15.6 Å². The van der Waals surface area contributed by atoms with E-state index in [1.54, 1.807) is 12.1 Å². The van der Waals surface area contributed by atoms with Gasteiger partial charge in [-0.2, -0.15) is 13.2 Å². The first kappa shape index (κ1) is 19.4. The zero-order chi connectivity index (χ0) is 18.8. The van der Waals surface area contributed by atoms with Gasteiger partial charge in [0.15, 0.2) is 8.07 Å².